The summed E-state index contributed by atoms with van der Waals surface area (Å²) in [6.45, 7) is 0.0385. The molecule has 1 aromatic carbocycles. The Hall–Kier alpha value is -1.39. The number of carbonyl (C=O) groups excluding carboxylic acids is 1. The van der Waals surface area contributed by atoms with Crippen LogP contribution in [0, 0.1) is 0 Å². The van der Waals surface area contributed by atoms with Crippen molar-refractivity contribution in [3.63, 3.8) is 0 Å². The van der Waals surface area contributed by atoms with Crippen molar-refractivity contribution in [1.29, 1.82) is 0 Å². The summed E-state index contributed by atoms with van der Waals surface area (Å²) in [7, 11) is 1.39. The number of hydrogen-bond donors (Lipinski definition) is 2. The molecule has 2 N–H and O–H groups in total. The summed E-state index contributed by atoms with van der Waals surface area (Å²) in [4.78, 5) is 11.6. The molecule has 0 aliphatic carbocycles. The molecule has 0 spiro atoms. The molecule has 98 valence electrons. The van der Waals surface area contributed by atoms with Crippen LogP contribution in [0.25, 0.3) is 0 Å². The van der Waals surface area contributed by atoms with Crippen molar-refractivity contribution in [2.75, 3.05) is 13.7 Å². The number of methoxy groups -OCH3 is 1. The topological polar surface area (TPSA) is 58.6 Å². The van der Waals surface area contributed by atoms with Gasteiger partial charge in [-0.2, -0.15) is 0 Å². The van der Waals surface area contributed by atoms with Crippen LogP contribution in [-0.4, -0.2) is 36.9 Å². The predicted octanol–water partition coefficient (Wildman–Crippen LogP) is 1.06. The Bertz CT molecular complexity index is 393. The van der Waals surface area contributed by atoms with E-state index < -0.39 is 0 Å². The molecule has 0 bridgehead atoms. The predicted molar refractivity (Wildman–Crippen MR) is 68.2 cm³/mol. The van der Waals surface area contributed by atoms with Gasteiger partial charge in [-0.15, -0.1) is 0 Å². The molecule has 0 amide bonds. The second kappa shape index (κ2) is 5.98. The number of nitrogens with one attached hydrogen (secondary N) is 1. The second-order valence-electron chi connectivity index (χ2n) is 4.70. The van der Waals surface area contributed by atoms with Crippen LogP contribution >= 0.6 is 0 Å². The Morgan fingerprint density at radius 3 is 2.72 bits per heavy atom. The summed E-state index contributed by atoms with van der Waals surface area (Å²) < 4.78 is 4.78. The Morgan fingerprint density at radius 1 is 1.39 bits per heavy atom. The van der Waals surface area contributed by atoms with Gasteiger partial charge in [-0.05, 0) is 24.3 Å². The molecule has 1 fully saturated rings. The summed E-state index contributed by atoms with van der Waals surface area (Å²) in [6, 6.07) is 9.74. The molecule has 0 saturated carbocycles. The molecule has 3 unspecified atom stereocenters. The van der Waals surface area contributed by atoms with Crippen molar-refractivity contribution in [3.05, 3.63) is 35.9 Å². The first-order valence-corrected chi connectivity index (χ1v) is 6.24. The first-order chi connectivity index (χ1) is 8.74. The molecule has 1 aliphatic heterocycles. The summed E-state index contributed by atoms with van der Waals surface area (Å²) >= 11 is 0. The lowest BCUT2D eigenvalue weighted by molar-refractivity contribution is -0.144. The zero-order valence-electron chi connectivity index (χ0n) is 10.5. The van der Waals surface area contributed by atoms with Crippen molar-refractivity contribution < 1.29 is 14.6 Å². The second-order valence-corrected chi connectivity index (χ2v) is 4.70. The van der Waals surface area contributed by atoms with Gasteiger partial charge in [0.2, 0.25) is 0 Å². The molecule has 0 aromatic heterocycles. The van der Waals surface area contributed by atoms with Crippen LogP contribution in [0.4, 0.5) is 0 Å². The quantitative estimate of drug-likeness (QED) is 0.786. The standard InChI is InChI=1S/C14H19NO3/c1-18-14(17)13-8-11(7-12(9-16)15-13)10-5-3-2-4-6-10/h2-6,11-13,15-16H,7-9H2,1H3. The van der Waals surface area contributed by atoms with Crippen LogP contribution in [0.3, 0.4) is 0 Å². The molecule has 4 heteroatoms. The van der Waals surface area contributed by atoms with Crippen molar-refractivity contribution in [1.82, 2.24) is 5.32 Å². The van der Waals surface area contributed by atoms with Crippen molar-refractivity contribution in [3.8, 4) is 0 Å². The van der Waals surface area contributed by atoms with Crippen LogP contribution in [0.5, 0.6) is 0 Å². The van der Waals surface area contributed by atoms with E-state index in [2.05, 4.69) is 17.4 Å². The maximum atomic E-state index is 11.6. The van der Waals surface area contributed by atoms with Crippen molar-refractivity contribution in [2.24, 2.45) is 0 Å². The van der Waals surface area contributed by atoms with E-state index in [9.17, 15) is 9.90 Å². The SMILES string of the molecule is COC(=O)C1CC(c2ccccc2)CC(CO)N1. The van der Waals surface area contributed by atoms with Crippen molar-refractivity contribution >= 4 is 5.97 Å². The minimum Gasteiger partial charge on any atom is -0.468 e. The summed E-state index contributed by atoms with van der Waals surface area (Å²) in [6.07, 6.45) is 1.56. The highest BCUT2D eigenvalue weighted by atomic mass is 16.5. The van der Waals surface area contributed by atoms with Gasteiger partial charge in [-0.3, -0.25) is 10.1 Å². The highest BCUT2D eigenvalue weighted by Crippen LogP contribution is 2.30. The van der Waals surface area contributed by atoms with E-state index in [0.717, 1.165) is 6.42 Å². The lowest BCUT2D eigenvalue weighted by Gasteiger charge is -2.34. The number of esters is 1. The Labute approximate surface area is 107 Å². The monoisotopic (exact) mass is 249 g/mol. The lowest BCUT2D eigenvalue weighted by atomic mass is 9.83. The molecule has 0 radical (unpaired) electrons. The van der Waals surface area contributed by atoms with Crippen LogP contribution in [-0.2, 0) is 9.53 Å². The van der Waals surface area contributed by atoms with Gasteiger partial charge < -0.3 is 9.84 Å². The average molecular weight is 249 g/mol. The van der Waals surface area contributed by atoms with Crippen LogP contribution in [0.1, 0.15) is 24.3 Å². The molecule has 2 rings (SSSR count). The summed E-state index contributed by atoms with van der Waals surface area (Å²) in [5, 5.41) is 12.4. The Balaban J connectivity index is 2.13. The third kappa shape index (κ3) is 2.89. The van der Waals surface area contributed by atoms with E-state index in [0.29, 0.717) is 6.42 Å². The van der Waals surface area contributed by atoms with E-state index in [4.69, 9.17) is 4.74 Å². The van der Waals surface area contributed by atoms with Gasteiger partial charge in [0.25, 0.3) is 0 Å². The molecule has 1 saturated heterocycles. The van der Waals surface area contributed by atoms with Crippen LogP contribution in [0.2, 0.25) is 0 Å². The zero-order chi connectivity index (χ0) is 13.0. The number of carbonyl (C=O) groups is 1. The summed E-state index contributed by atoms with van der Waals surface area (Å²) in [5.74, 6) is 0.0304. The fourth-order valence-corrected chi connectivity index (χ4v) is 2.58. The lowest BCUT2D eigenvalue weighted by Crippen LogP contribution is -2.50. The zero-order valence-corrected chi connectivity index (χ0v) is 10.5. The highest BCUT2D eigenvalue weighted by Gasteiger charge is 2.33. The Kier molecular flexibility index (Phi) is 4.33. The maximum Gasteiger partial charge on any atom is 0.322 e. The maximum absolute atomic E-state index is 11.6. The van der Waals surface area contributed by atoms with Crippen molar-refractivity contribution in [2.45, 2.75) is 30.8 Å². The van der Waals surface area contributed by atoms with Gasteiger partial charge in [-0.1, -0.05) is 30.3 Å². The van der Waals surface area contributed by atoms with Gasteiger partial charge in [0.15, 0.2) is 0 Å². The molecule has 18 heavy (non-hydrogen) atoms. The van der Waals surface area contributed by atoms with E-state index >= 15 is 0 Å². The minimum absolute atomic E-state index is 0.0385. The van der Waals surface area contributed by atoms with Gasteiger partial charge in [-0.25, -0.2) is 0 Å². The Morgan fingerprint density at radius 2 is 2.11 bits per heavy atom. The fraction of sp³-hybridized carbons (Fsp3) is 0.500. The van der Waals surface area contributed by atoms with E-state index in [1.807, 2.05) is 18.2 Å². The van der Waals surface area contributed by atoms with Gasteiger partial charge in [0.1, 0.15) is 6.04 Å². The molecular formula is C14H19NO3. The average Bonchev–Trinajstić information content (AvgIpc) is 2.46. The fourth-order valence-electron chi connectivity index (χ4n) is 2.58. The molecule has 3 atom stereocenters. The first kappa shape index (κ1) is 13.1. The first-order valence-electron chi connectivity index (χ1n) is 6.24. The minimum atomic E-state index is -0.328. The smallest absolute Gasteiger partial charge is 0.322 e. The summed E-state index contributed by atoms with van der Waals surface area (Å²) in [5.41, 5.74) is 1.21. The number of aliphatic hydroxyl groups excluding tert-OH is 1. The van der Waals surface area contributed by atoms with Gasteiger partial charge in [0, 0.05) is 6.04 Å². The number of benzene rings is 1. The number of piperidine rings is 1. The van der Waals surface area contributed by atoms with E-state index in [1.165, 1.54) is 12.7 Å². The molecule has 1 aromatic rings. The van der Waals surface area contributed by atoms with Gasteiger partial charge in [0.05, 0.1) is 13.7 Å². The molecule has 4 nitrogen and oxygen atoms in total. The number of aliphatic hydroxyl groups is 1. The van der Waals surface area contributed by atoms with Crippen LogP contribution in [0.15, 0.2) is 30.3 Å². The van der Waals surface area contributed by atoms with Gasteiger partial charge >= 0.3 is 5.97 Å². The highest BCUT2D eigenvalue weighted by molar-refractivity contribution is 5.76. The molecule has 1 heterocycles. The van der Waals surface area contributed by atoms with Crippen LogP contribution < -0.4 is 5.32 Å². The third-order valence-corrected chi connectivity index (χ3v) is 3.50. The number of rotatable bonds is 3. The third-order valence-electron chi connectivity index (χ3n) is 3.50. The molecule has 1 aliphatic rings. The normalized spacial score (nSPS) is 27.8. The largest absolute Gasteiger partial charge is 0.468 e. The number of ether oxygens (including phenoxy) is 1. The number of hydrogen-bond acceptors (Lipinski definition) is 4. The van der Waals surface area contributed by atoms with E-state index in [-0.39, 0.29) is 30.6 Å². The molecular weight excluding hydrogens is 230 g/mol. The van der Waals surface area contributed by atoms with E-state index in [1.54, 1.807) is 0 Å².